The Labute approximate surface area is 114 Å². The molecular weight excluding hydrogens is 240 g/mol. The zero-order valence-corrected chi connectivity index (χ0v) is 11.9. The van der Waals surface area contributed by atoms with Crippen LogP contribution in [0.2, 0.25) is 0 Å². The van der Waals surface area contributed by atoms with E-state index in [4.69, 9.17) is 0 Å². The van der Waals surface area contributed by atoms with E-state index in [1.165, 1.54) is 0 Å². The van der Waals surface area contributed by atoms with Crippen molar-refractivity contribution in [1.29, 1.82) is 0 Å². The summed E-state index contributed by atoms with van der Waals surface area (Å²) in [4.78, 5) is 12.4. The Bertz CT molecular complexity index is 421. The molecule has 0 aliphatic carbocycles. The summed E-state index contributed by atoms with van der Waals surface area (Å²) in [6, 6.07) is 1.99. The fourth-order valence-corrected chi connectivity index (χ4v) is 2.88. The Balaban J connectivity index is 1.84. The maximum absolute atomic E-state index is 12.4. The third kappa shape index (κ3) is 3.15. The number of amides is 1. The van der Waals surface area contributed by atoms with Crippen LogP contribution in [0.5, 0.6) is 0 Å². The van der Waals surface area contributed by atoms with Crippen LogP contribution in [-0.2, 0) is 18.3 Å². The molecule has 2 N–H and O–H groups in total. The van der Waals surface area contributed by atoms with Crippen LogP contribution in [0, 0.1) is 5.41 Å². The quantitative estimate of drug-likeness (QED) is 0.801. The van der Waals surface area contributed by atoms with Crippen LogP contribution in [0.1, 0.15) is 31.9 Å². The first-order chi connectivity index (χ1) is 9.18. The molecule has 2 heterocycles. The molecule has 1 unspecified atom stereocenters. The Hall–Kier alpha value is -1.36. The van der Waals surface area contributed by atoms with Crippen molar-refractivity contribution >= 4 is 5.91 Å². The average Bonchev–Trinajstić information content (AvgIpc) is 3.01. The SMILES string of the molecule is CCCC1(C(=O)NCCc2ccnn2C)CCNC1. The molecule has 1 atom stereocenters. The zero-order valence-electron chi connectivity index (χ0n) is 11.9. The molecule has 1 saturated heterocycles. The van der Waals surface area contributed by atoms with Crippen molar-refractivity contribution in [3.63, 3.8) is 0 Å². The minimum absolute atomic E-state index is 0.179. The summed E-state index contributed by atoms with van der Waals surface area (Å²) in [5.74, 6) is 0.210. The number of aryl methyl sites for hydroxylation is 1. The van der Waals surface area contributed by atoms with Gasteiger partial charge >= 0.3 is 0 Å². The average molecular weight is 264 g/mol. The van der Waals surface area contributed by atoms with E-state index < -0.39 is 0 Å². The van der Waals surface area contributed by atoms with E-state index in [2.05, 4.69) is 22.7 Å². The summed E-state index contributed by atoms with van der Waals surface area (Å²) in [6.07, 6.45) is 5.60. The lowest BCUT2D eigenvalue weighted by Gasteiger charge is -2.26. The van der Waals surface area contributed by atoms with Gasteiger partial charge in [-0.3, -0.25) is 9.48 Å². The van der Waals surface area contributed by atoms with Gasteiger partial charge in [-0.1, -0.05) is 13.3 Å². The molecule has 1 aliphatic rings. The van der Waals surface area contributed by atoms with Crippen LogP contribution in [0.15, 0.2) is 12.3 Å². The predicted octanol–water partition coefficient (Wildman–Crippen LogP) is 0.859. The summed E-state index contributed by atoms with van der Waals surface area (Å²) in [7, 11) is 1.93. The van der Waals surface area contributed by atoms with Gasteiger partial charge in [0.25, 0.3) is 0 Å². The molecule has 1 aliphatic heterocycles. The predicted molar refractivity (Wildman–Crippen MR) is 74.7 cm³/mol. The van der Waals surface area contributed by atoms with E-state index in [1.54, 1.807) is 6.20 Å². The molecule has 0 radical (unpaired) electrons. The summed E-state index contributed by atoms with van der Waals surface area (Å²) in [6.45, 7) is 4.60. The molecule has 1 fully saturated rings. The van der Waals surface area contributed by atoms with E-state index >= 15 is 0 Å². The molecule has 0 aromatic carbocycles. The molecule has 0 saturated carbocycles. The smallest absolute Gasteiger partial charge is 0.227 e. The minimum Gasteiger partial charge on any atom is -0.355 e. The Morgan fingerprint density at radius 3 is 3.05 bits per heavy atom. The van der Waals surface area contributed by atoms with E-state index in [-0.39, 0.29) is 11.3 Å². The third-order valence-electron chi connectivity index (χ3n) is 4.04. The molecule has 1 aromatic heterocycles. The molecule has 5 heteroatoms. The first kappa shape index (κ1) is 14.1. The summed E-state index contributed by atoms with van der Waals surface area (Å²) < 4.78 is 1.85. The Kier molecular flexibility index (Phi) is 4.58. The highest BCUT2D eigenvalue weighted by atomic mass is 16.2. The molecule has 0 spiro atoms. The van der Waals surface area contributed by atoms with Gasteiger partial charge in [-0.05, 0) is 25.5 Å². The monoisotopic (exact) mass is 264 g/mol. The Morgan fingerprint density at radius 2 is 2.47 bits per heavy atom. The van der Waals surface area contributed by atoms with Gasteiger partial charge in [0.05, 0.1) is 5.41 Å². The lowest BCUT2D eigenvalue weighted by atomic mass is 9.81. The van der Waals surface area contributed by atoms with Gasteiger partial charge in [0, 0.05) is 38.4 Å². The summed E-state index contributed by atoms with van der Waals surface area (Å²) >= 11 is 0. The first-order valence-corrected chi connectivity index (χ1v) is 7.14. The number of rotatable bonds is 6. The number of hydrogen-bond donors (Lipinski definition) is 2. The van der Waals surface area contributed by atoms with Gasteiger partial charge in [0.15, 0.2) is 0 Å². The lowest BCUT2D eigenvalue weighted by Crippen LogP contribution is -2.43. The summed E-state index contributed by atoms with van der Waals surface area (Å²) in [5.41, 5.74) is 0.968. The van der Waals surface area contributed by atoms with Crippen molar-refractivity contribution in [1.82, 2.24) is 20.4 Å². The molecule has 0 bridgehead atoms. The van der Waals surface area contributed by atoms with Gasteiger partial charge < -0.3 is 10.6 Å². The van der Waals surface area contributed by atoms with E-state index in [9.17, 15) is 4.79 Å². The van der Waals surface area contributed by atoms with Crippen LogP contribution in [0.25, 0.3) is 0 Å². The number of hydrogen-bond acceptors (Lipinski definition) is 3. The van der Waals surface area contributed by atoms with Crippen LogP contribution in [-0.4, -0.2) is 35.3 Å². The Morgan fingerprint density at radius 1 is 1.63 bits per heavy atom. The maximum atomic E-state index is 12.4. The van der Waals surface area contributed by atoms with Crippen molar-refractivity contribution in [2.75, 3.05) is 19.6 Å². The van der Waals surface area contributed by atoms with Gasteiger partial charge in [-0.15, -0.1) is 0 Å². The topological polar surface area (TPSA) is 59.0 Å². The maximum Gasteiger partial charge on any atom is 0.227 e. The fraction of sp³-hybridized carbons (Fsp3) is 0.714. The molecule has 1 aromatic rings. The van der Waals surface area contributed by atoms with Gasteiger partial charge in [-0.2, -0.15) is 5.10 Å². The molecular formula is C14H24N4O. The van der Waals surface area contributed by atoms with Crippen molar-refractivity contribution in [3.05, 3.63) is 18.0 Å². The standard InChI is InChI=1S/C14H24N4O/c1-3-6-14(7-10-15-11-14)13(19)16-8-4-12-5-9-17-18(12)2/h5,9,15H,3-4,6-8,10-11H2,1-2H3,(H,16,19). The number of nitrogens with zero attached hydrogens (tertiary/aromatic N) is 2. The number of carbonyl (C=O) groups excluding carboxylic acids is 1. The van der Waals surface area contributed by atoms with Crippen molar-refractivity contribution in [2.24, 2.45) is 12.5 Å². The van der Waals surface area contributed by atoms with E-state index in [1.807, 2.05) is 17.8 Å². The normalized spacial score (nSPS) is 22.6. The highest BCUT2D eigenvalue weighted by Crippen LogP contribution is 2.31. The van der Waals surface area contributed by atoms with Crippen molar-refractivity contribution < 1.29 is 4.79 Å². The van der Waals surface area contributed by atoms with Gasteiger partial charge in [0.2, 0.25) is 5.91 Å². The van der Waals surface area contributed by atoms with E-state index in [0.717, 1.165) is 44.5 Å². The number of aromatic nitrogens is 2. The highest BCUT2D eigenvalue weighted by Gasteiger charge is 2.39. The fourth-order valence-electron chi connectivity index (χ4n) is 2.88. The summed E-state index contributed by atoms with van der Waals surface area (Å²) in [5, 5.41) is 10.5. The second-order valence-corrected chi connectivity index (χ2v) is 5.41. The van der Waals surface area contributed by atoms with Gasteiger partial charge in [0.1, 0.15) is 0 Å². The van der Waals surface area contributed by atoms with Gasteiger partial charge in [-0.25, -0.2) is 0 Å². The second kappa shape index (κ2) is 6.19. The minimum atomic E-state index is -0.179. The highest BCUT2D eigenvalue weighted by molar-refractivity contribution is 5.83. The third-order valence-corrected chi connectivity index (χ3v) is 4.04. The van der Waals surface area contributed by atoms with Crippen LogP contribution < -0.4 is 10.6 Å². The van der Waals surface area contributed by atoms with E-state index in [0.29, 0.717) is 6.54 Å². The van der Waals surface area contributed by atoms with Crippen molar-refractivity contribution in [3.8, 4) is 0 Å². The number of nitrogens with one attached hydrogen (secondary N) is 2. The van der Waals surface area contributed by atoms with Crippen LogP contribution in [0.3, 0.4) is 0 Å². The van der Waals surface area contributed by atoms with Crippen molar-refractivity contribution in [2.45, 2.75) is 32.6 Å². The lowest BCUT2D eigenvalue weighted by molar-refractivity contribution is -0.130. The zero-order chi connectivity index (χ0) is 13.7. The van der Waals surface area contributed by atoms with Crippen LogP contribution in [0.4, 0.5) is 0 Å². The molecule has 19 heavy (non-hydrogen) atoms. The molecule has 2 rings (SSSR count). The second-order valence-electron chi connectivity index (χ2n) is 5.41. The van der Waals surface area contributed by atoms with Crippen LogP contribution >= 0.6 is 0 Å². The molecule has 106 valence electrons. The molecule has 1 amide bonds. The largest absolute Gasteiger partial charge is 0.355 e. The molecule has 5 nitrogen and oxygen atoms in total. The number of carbonyl (C=O) groups is 1. The first-order valence-electron chi connectivity index (χ1n) is 7.14.